The highest BCUT2D eigenvalue weighted by Crippen LogP contribution is 2.42. The summed E-state index contributed by atoms with van der Waals surface area (Å²) in [5, 5.41) is 0. The zero-order valence-electron chi connectivity index (χ0n) is 18.6. The van der Waals surface area contributed by atoms with Crippen LogP contribution in [-0.2, 0) is 17.9 Å². The first-order valence-corrected chi connectivity index (χ1v) is 10.5. The van der Waals surface area contributed by atoms with E-state index in [4.69, 9.17) is 4.74 Å². The van der Waals surface area contributed by atoms with E-state index in [1.54, 1.807) is 0 Å². The third kappa shape index (κ3) is 6.39. The Hall–Kier alpha value is -0.860. The molecule has 0 amide bonds. The van der Waals surface area contributed by atoms with Gasteiger partial charge < -0.3 is 9.22 Å². The standard InChI is InChI=1S/C24H42NO/c1-19(2)24(7,8)17-23(5,6)18-25(13-14-25)15-21-9-11-22(12-10-21)16-26-20(3)4/h9-12,19-20H,13-18H2,1-8H3/q+1. The summed E-state index contributed by atoms with van der Waals surface area (Å²) in [5.41, 5.74) is 3.53. The van der Waals surface area contributed by atoms with Gasteiger partial charge in [0.25, 0.3) is 0 Å². The van der Waals surface area contributed by atoms with Crippen LogP contribution in [0.1, 0.15) is 72.9 Å². The zero-order valence-corrected chi connectivity index (χ0v) is 18.6. The van der Waals surface area contributed by atoms with Crippen molar-refractivity contribution in [2.24, 2.45) is 16.7 Å². The molecule has 1 aromatic carbocycles. The van der Waals surface area contributed by atoms with Crippen LogP contribution in [0.15, 0.2) is 24.3 Å². The van der Waals surface area contributed by atoms with Crippen LogP contribution in [-0.4, -0.2) is 30.2 Å². The molecule has 26 heavy (non-hydrogen) atoms. The maximum absolute atomic E-state index is 5.71. The third-order valence-corrected chi connectivity index (χ3v) is 6.24. The Balaban J connectivity index is 1.94. The Kier molecular flexibility index (Phi) is 6.62. The van der Waals surface area contributed by atoms with E-state index >= 15 is 0 Å². The number of benzene rings is 1. The second-order valence-electron chi connectivity index (χ2n) is 10.8. The van der Waals surface area contributed by atoms with Crippen LogP contribution in [0.25, 0.3) is 0 Å². The first kappa shape index (κ1) is 21.4. The summed E-state index contributed by atoms with van der Waals surface area (Å²) in [4.78, 5) is 0. The molecule has 2 rings (SSSR count). The average Bonchev–Trinajstić information content (AvgIpc) is 3.23. The van der Waals surface area contributed by atoms with Crippen LogP contribution in [0.4, 0.5) is 0 Å². The lowest BCUT2D eigenvalue weighted by Gasteiger charge is -2.39. The minimum absolute atomic E-state index is 0.290. The lowest BCUT2D eigenvalue weighted by atomic mass is 9.69. The molecule has 1 aromatic rings. The van der Waals surface area contributed by atoms with Gasteiger partial charge in [-0.3, -0.25) is 0 Å². The molecule has 0 N–H and O–H groups in total. The summed E-state index contributed by atoms with van der Waals surface area (Å²) in [7, 11) is 0. The van der Waals surface area contributed by atoms with Gasteiger partial charge in [-0.25, -0.2) is 0 Å². The van der Waals surface area contributed by atoms with Gasteiger partial charge in [-0.15, -0.1) is 0 Å². The number of ether oxygens (including phenoxy) is 1. The highest BCUT2D eigenvalue weighted by molar-refractivity contribution is 5.21. The van der Waals surface area contributed by atoms with Crippen LogP contribution in [0.2, 0.25) is 0 Å². The van der Waals surface area contributed by atoms with Crippen LogP contribution in [0.3, 0.4) is 0 Å². The van der Waals surface area contributed by atoms with Gasteiger partial charge in [0.05, 0.1) is 19.3 Å². The summed E-state index contributed by atoms with van der Waals surface area (Å²) in [6.07, 6.45) is 1.58. The molecule has 1 heterocycles. The maximum atomic E-state index is 5.71. The van der Waals surface area contributed by atoms with Gasteiger partial charge in [0.1, 0.15) is 19.6 Å². The van der Waals surface area contributed by atoms with Crippen molar-refractivity contribution in [1.29, 1.82) is 0 Å². The van der Waals surface area contributed by atoms with E-state index in [0.29, 0.717) is 16.9 Å². The van der Waals surface area contributed by atoms with Crippen LogP contribution >= 0.6 is 0 Å². The van der Waals surface area contributed by atoms with Gasteiger partial charge >= 0.3 is 0 Å². The van der Waals surface area contributed by atoms with Gasteiger partial charge in [-0.05, 0) is 37.2 Å². The second-order valence-corrected chi connectivity index (χ2v) is 10.8. The molecule has 0 spiro atoms. The van der Waals surface area contributed by atoms with E-state index in [0.717, 1.165) is 12.5 Å². The van der Waals surface area contributed by atoms with E-state index in [1.807, 2.05) is 0 Å². The lowest BCUT2D eigenvalue weighted by Crippen LogP contribution is -2.39. The molecular formula is C24H42NO+. The zero-order chi connectivity index (χ0) is 19.6. The highest BCUT2D eigenvalue weighted by atomic mass is 16.5. The molecule has 0 atom stereocenters. The van der Waals surface area contributed by atoms with Crippen molar-refractivity contribution in [3.8, 4) is 0 Å². The van der Waals surface area contributed by atoms with Crippen molar-refractivity contribution in [2.75, 3.05) is 19.6 Å². The maximum Gasteiger partial charge on any atom is 0.129 e. The molecule has 0 saturated carbocycles. The summed E-state index contributed by atoms with van der Waals surface area (Å²) < 4.78 is 6.98. The van der Waals surface area contributed by atoms with Crippen LogP contribution in [0.5, 0.6) is 0 Å². The van der Waals surface area contributed by atoms with E-state index in [1.165, 1.54) is 48.2 Å². The smallest absolute Gasteiger partial charge is 0.129 e. The molecule has 2 heteroatoms. The Morgan fingerprint density at radius 2 is 1.46 bits per heavy atom. The topological polar surface area (TPSA) is 9.23 Å². The van der Waals surface area contributed by atoms with Gasteiger partial charge in [-0.1, -0.05) is 65.8 Å². The third-order valence-electron chi connectivity index (χ3n) is 6.24. The average molecular weight is 361 g/mol. The Bertz CT molecular complexity index is 564. The number of quaternary nitrogens is 1. The summed E-state index contributed by atoms with van der Waals surface area (Å²) >= 11 is 0. The van der Waals surface area contributed by atoms with Crippen molar-refractivity contribution < 1.29 is 9.22 Å². The predicted octanol–water partition coefficient (Wildman–Crippen LogP) is 6.04. The Labute approximate surface area is 162 Å². The van der Waals surface area contributed by atoms with Crippen LogP contribution < -0.4 is 0 Å². The first-order chi connectivity index (χ1) is 11.9. The molecular weight excluding hydrogens is 318 g/mol. The van der Waals surface area contributed by atoms with Gasteiger partial charge in [-0.2, -0.15) is 0 Å². The van der Waals surface area contributed by atoms with Crippen molar-refractivity contribution in [2.45, 2.75) is 81.1 Å². The molecule has 1 aliphatic heterocycles. The molecule has 0 radical (unpaired) electrons. The predicted molar refractivity (Wildman–Crippen MR) is 112 cm³/mol. The van der Waals surface area contributed by atoms with E-state index in [-0.39, 0.29) is 0 Å². The van der Waals surface area contributed by atoms with Crippen LogP contribution in [0, 0.1) is 16.7 Å². The van der Waals surface area contributed by atoms with Crippen molar-refractivity contribution in [1.82, 2.24) is 0 Å². The Morgan fingerprint density at radius 3 is 1.92 bits per heavy atom. The van der Waals surface area contributed by atoms with Crippen molar-refractivity contribution in [3.05, 3.63) is 35.4 Å². The molecule has 0 aliphatic carbocycles. The van der Waals surface area contributed by atoms with E-state index in [9.17, 15) is 0 Å². The molecule has 148 valence electrons. The van der Waals surface area contributed by atoms with E-state index in [2.05, 4.69) is 79.7 Å². The molecule has 2 nitrogen and oxygen atoms in total. The summed E-state index contributed by atoms with van der Waals surface area (Å²) in [6, 6.07) is 9.10. The second kappa shape index (κ2) is 8.02. The lowest BCUT2D eigenvalue weighted by molar-refractivity contribution is -0.821. The number of rotatable bonds is 10. The fourth-order valence-electron chi connectivity index (χ4n) is 4.31. The SMILES string of the molecule is CC(C)OCc1ccc(C[N+]2(CC(C)(C)CC(C)(C)C(C)C)CC2)cc1. The molecule has 0 aromatic heterocycles. The number of hydrogen-bond donors (Lipinski definition) is 0. The molecule has 1 fully saturated rings. The van der Waals surface area contributed by atoms with Gasteiger partial charge in [0, 0.05) is 11.0 Å². The van der Waals surface area contributed by atoms with E-state index < -0.39 is 0 Å². The summed E-state index contributed by atoms with van der Waals surface area (Å²) in [5.74, 6) is 0.727. The highest BCUT2D eigenvalue weighted by Gasteiger charge is 2.47. The minimum atomic E-state index is 0.290. The monoisotopic (exact) mass is 360 g/mol. The molecule has 1 aliphatic rings. The van der Waals surface area contributed by atoms with Gasteiger partial charge in [0.2, 0.25) is 0 Å². The van der Waals surface area contributed by atoms with Gasteiger partial charge in [0.15, 0.2) is 0 Å². The number of hydrogen-bond acceptors (Lipinski definition) is 1. The van der Waals surface area contributed by atoms with Crippen molar-refractivity contribution >= 4 is 0 Å². The number of nitrogens with zero attached hydrogens (tertiary/aromatic N) is 1. The minimum Gasteiger partial charge on any atom is -0.374 e. The fourth-order valence-corrected chi connectivity index (χ4v) is 4.31. The Morgan fingerprint density at radius 1 is 0.923 bits per heavy atom. The fraction of sp³-hybridized carbons (Fsp3) is 0.750. The molecule has 0 unspecified atom stereocenters. The molecule has 0 bridgehead atoms. The molecule has 1 saturated heterocycles. The normalized spacial score (nSPS) is 17.2. The van der Waals surface area contributed by atoms with Crippen molar-refractivity contribution in [3.63, 3.8) is 0 Å². The summed E-state index contributed by atoms with van der Waals surface area (Å²) in [6.45, 7) is 24.6. The first-order valence-electron chi connectivity index (χ1n) is 10.5. The quantitative estimate of drug-likeness (QED) is 0.365. The largest absolute Gasteiger partial charge is 0.374 e.